The van der Waals surface area contributed by atoms with Crippen molar-refractivity contribution in [1.82, 2.24) is 9.97 Å². The number of carbonyl (C=O) groups is 1. The van der Waals surface area contributed by atoms with E-state index >= 15 is 0 Å². The van der Waals surface area contributed by atoms with Crippen molar-refractivity contribution < 1.29 is 4.79 Å². The molecule has 0 fully saturated rings. The van der Waals surface area contributed by atoms with Gasteiger partial charge in [-0.25, -0.2) is 0 Å². The van der Waals surface area contributed by atoms with Crippen molar-refractivity contribution in [2.24, 2.45) is 0 Å². The van der Waals surface area contributed by atoms with E-state index in [1.807, 2.05) is 0 Å². The normalized spacial score (nSPS) is 9.89. The van der Waals surface area contributed by atoms with Crippen LogP contribution in [0, 0.1) is 0 Å². The highest BCUT2D eigenvalue weighted by Gasteiger charge is 2.12. The SMILES string of the molecule is CNc1ccncc1C(=O)Nc1ccncc1Br. The Kier molecular flexibility index (Phi) is 3.88. The van der Waals surface area contributed by atoms with E-state index in [0.717, 1.165) is 10.2 Å². The first-order valence-corrected chi connectivity index (χ1v) is 6.04. The summed E-state index contributed by atoms with van der Waals surface area (Å²) in [4.78, 5) is 20.0. The summed E-state index contributed by atoms with van der Waals surface area (Å²) in [5.41, 5.74) is 1.89. The molecule has 1 amide bonds. The molecule has 2 N–H and O–H groups in total. The van der Waals surface area contributed by atoms with Gasteiger partial charge in [-0.15, -0.1) is 0 Å². The van der Waals surface area contributed by atoms with Gasteiger partial charge in [0.25, 0.3) is 5.91 Å². The van der Waals surface area contributed by atoms with Crippen LogP contribution in [0.4, 0.5) is 11.4 Å². The molecule has 0 aliphatic rings. The standard InChI is InChI=1S/C12H11BrN4O/c1-14-10-2-4-15-6-8(10)12(18)17-11-3-5-16-7-9(11)13/h2-7H,1H3,(H,14,15)(H,16,17,18). The van der Waals surface area contributed by atoms with Gasteiger partial charge in [0.2, 0.25) is 0 Å². The van der Waals surface area contributed by atoms with Crippen LogP contribution in [0.1, 0.15) is 10.4 Å². The Hall–Kier alpha value is -1.95. The topological polar surface area (TPSA) is 66.9 Å². The quantitative estimate of drug-likeness (QED) is 0.914. The first-order chi connectivity index (χ1) is 8.72. The number of anilines is 2. The smallest absolute Gasteiger partial charge is 0.259 e. The molecule has 2 heterocycles. The number of hydrogen-bond donors (Lipinski definition) is 2. The Morgan fingerprint density at radius 3 is 2.50 bits per heavy atom. The largest absolute Gasteiger partial charge is 0.387 e. The maximum atomic E-state index is 12.1. The summed E-state index contributed by atoms with van der Waals surface area (Å²) < 4.78 is 0.730. The van der Waals surface area contributed by atoms with Crippen molar-refractivity contribution in [3.8, 4) is 0 Å². The van der Waals surface area contributed by atoms with Crippen LogP contribution < -0.4 is 10.6 Å². The van der Waals surface area contributed by atoms with Gasteiger partial charge >= 0.3 is 0 Å². The minimum atomic E-state index is -0.223. The molecule has 0 unspecified atom stereocenters. The van der Waals surface area contributed by atoms with Crippen molar-refractivity contribution in [2.75, 3.05) is 17.7 Å². The monoisotopic (exact) mass is 306 g/mol. The van der Waals surface area contributed by atoms with Crippen molar-refractivity contribution in [3.63, 3.8) is 0 Å². The first kappa shape index (κ1) is 12.5. The van der Waals surface area contributed by atoms with Gasteiger partial charge in [0.15, 0.2) is 0 Å². The Balaban J connectivity index is 2.25. The van der Waals surface area contributed by atoms with Crippen LogP contribution in [0.15, 0.2) is 41.4 Å². The third-order valence-corrected chi connectivity index (χ3v) is 2.99. The van der Waals surface area contributed by atoms with E-state index in [1.165, 1.54) is 6.20 Å². The number of hydrogen-bond acceptors (Lipinski definition) is 4. The Labute approximate surface area is 113 Å². The van der Waals surface area contributed by atoms with Gasteiger partial charge in [-0.3, -0.25) is 14.8 Å². The van der Waals surface area contributed by atoms with Crippen LogP contribution >= 0.6 is 15.9 Å². The molecule has 0 saturated carbocycles. The molecule has 0 spiro atoms. The molecule has 0 bridgehead atoms. The molecule has 0 aliphatic carbocycles. The summed E-state index contributed by atoms with van der Waals surface area (Å²) in [5.74, 6) is -0.223. The summed E-state index contributed by atoms with van der Waals surface area (Å²) in [6, 6.07) is 3.47. The van der Waals surface area contributed by atoms with Crippen LogP contribution in [0.5, 0.6) is 0 Å². The van der Waals surface area contributed by atoms with Crippen LogP contribution in [-0.4, -0.2) is 22.9 Å². The van der Waals surface area contributed by atoms with Crippen molar-refractivity contribution >= 4 is 33.2 Å². The first-order valence-electron chi connectivity index (χ1n) is 5.25. The third kappa shape index (κ3) is 2.65. The fraction of sp³-hybridized carbons (Fsp3) is 0.0833. The molecule has 92 valence electrons. The number of pyridine rings is 2. The number of aromatic nitrogens is 2. The van der Waals surface area contributed by atoms with Gasteiger partial charge in [-0.2, -0.15) is 0 Å². The Bertz CT molecular complexity index is 574. The molecule has 0 saturated heterocycles. The van der Waals surface area contributed by atoms with Gasteiger partial charge in [0.1, 0.15) is 0 Å². The molecule has 0 atom stereocenters. The van der Waals surface area contributed by atoms with E-state index in [1.54, 1.807) is 37.8 Å². The maximum absolute atomic E-state index is 12.1. The molecular formula is C12H11BrN4O. The number of amides is 1. The molecule has 6 heteroatoms. The lowest BCUT2D eigenvalue weighted by atomic mass is 10.2. The highest BCUT2D eigenvalue weighted by Crippen LogP contribution is 2.22. The molecule has 2 aromatic rings. The van der Waals surface area contributed by atoms with Crippen LogP contribution in [0.2, 0.25) is 0 Å². The number of carbonyl (C=O) groups excluding carboxylic acids is 1. The third-order valence-electron chi connectivity index (χ3n) is 2.36. The average molecular weight is 307 g/mol. The number of nitrogens with zero attached hydrogens (tertiary/aromatic N) is 2. The molecule has 0 aromatic carbocycles. The zero-order valence-electron chi connectivity index (χ0n) is 9.64. The van der Waals surface area contributed by atoms with Crippen molar-refractivity contribution in [3.05, 3.63) is 47.0 Å². The van der Waals surface area contributed by atoms with E-state index in [-0.39, 0.29) is 5.91 Å². The highest BCUT2D eigenvalue weighted by atomic mass is 79.9. The molecule has 0 aliphatic heterocycles. The van der Waals surface area contributed by atoms with E-state index in [9.17, 15) is 4.79 Å². The summed E-state index contributed by atoms with van der Waals surface area (Å²) >= 11 is 3.32. The Morgan fingerprint density at radius 1 is 1.17 bits per heavy atom. The molecule has 2 aromatic heterocycles. The lowest BCUT2D eigenvalue weighted by Crippen LogP contribution is -2.14. The number of nitrogens with one attached hydrogen (secondary N) is 2. The van der Waals surface area contributed by atoms with Crippen molar-refractivity contribution in [1.29, 1.82) is 0 Å². The van der Waals surface area contributed by atoms with Gasteiger partial charge in [-0.1, -0.05) is 0 Å². The van der Waals surface area contributed by atoms with Gasteiger partial charge in [0, 0.05) is 37.5 Å². The predicted octanol–water partition coefficient (Wildman–Crippen LogP) is 2.53. The number of halogens is 1. The van der Waals surface area contributed by atoms with Gasteiger partial charge in [-0.05, 0) is 28.1 Å². The zero-order chi connectivity index (χ0) is 13.0. The average Bonchev–Trinajstić information content (AvgIpc) is 2.41. The minimum absolute atomic E-state index is 0.223. The van der Waals surface area contributed by atoms with Crippen molar-refractivity contribution in [2.45, 2.75) is 0 Å². The van der Waals surface area contributed by atoms with E-state index in [0.29, 0.717) is 11.3 Å². The van der Waals surface area contributed by atoms with E-state index in [4.69, 9.17) is 0 Å². The summed E-state index contributed by atoms with van der Waals surface area (Å²) in [6.07, 6.45) is 6.39. The molecular weight excluding hydrogens is 296 g/mol. The van der Waals surface area contributed by atoms with E-state index < -0.39 is 0 Å². The molecule has 0 radical (unpaired) electrons. The molecule has 5 nitrogen and oxygen atoms in total. The number of rotatable bonds is 3. The Morgan fingerprint density at radius 2 is 1.83 bits per heavy atom. The maximum Gasteiger partial charge on any atom is 0.259 e. The lowest BCUT2D eigenvalue weighted by molar-refractivity contribution is 0.102. The van der Waals surface area contributed by atoms with Crippen LogP contribution in [-0.2, 0) is 0 Å². The van der Waals surface area contributed by atoms with Crippen LogP contribution in [0.3, 0.4) is 0 Å². The second kappa shape index (κ2) is 5.59. The molecule has 18 heavy (non-hydrogen) atoms. The second-order valence-corrected chi connectivity index (χ2v) is 4.34. The lowest BCUT2D eigenvalue weighted by Gasteiger charge is -2.09. The fourth-order valence-electron chi connectivity index (χ4n) is 1.46. The van der Waals surface area contributed by atoms with E-state index in [2.05, 4.69) is 36.5 Å². The fourth-order valence-corrected chi connectivity index (χ4v) is 1.81. The minimum Gasteiger partial charge on any atom is -0.387 e. The predicted molar refractivity (Wildman–Crippen MR) is 73.7 cm³/mol. The van der Waals surface area contributed by atoms with Gasteiger partial charge in [0.05, 0.1) is 15.7 Å². The van der Waals surface area contributed by atoms with Crippen LogP contribution in [0.25, 0.3) is 0 Å². The van der Waals surface area contributed by atoms with Gasteiger partial charge < -0.3 is 10.6 Å². The summed E-state index contributed by atoms with van der Waals surface area (Å²) in [7, 11) is 1.76. The summed E-state index contributed by atoms with van der Waals surface area (Å²) in [6.45, 7) is 0. The highest BCUT2D eigenvalue weighted by molar-refractivity contribution is 9.10. The zero-order valence-corrected chi connectivity index (χ0v) is 11.2. The second-order valence-electron chi connectivity index (χ2n) is 3.48. The molecule has 2 rings (SSSR count). The summed E-state index contributed by atoms with van der Waals surface area (Å²) in [5, 5.41) is 5.75.